The lowest BCUT2D eigenvalue weighted by molar-refractivity contribution is -0.118. The highest BCUT2D eigenvalue weighted by atomic mass is 16.5. The number of rotatable bonds is 6. The monoisotopic (exact) mass is 398 g/mol. The number of carbonyl (C=O) groups is 2. The highest BCUT2D eigenvalue weighted by Gasteiger charge is 2.37. The molecule has 1 aromatic carbocycles. The van der Waals surface area contributed by atoms with Gasteiger partial charge in [0.2, 0.25) is 17.5 Å². The summed E-state index contributed by atoms with van der Waals surface area (Å²) in [7, 11) is 2.88. The van der Waals surface area contributed by atoms with Gasteiger partial charge >= 0.3 is 6.01 Å². The van der Waals surface area contributed by atoms with Gasteiger partial charge in [0.1, 0.15) is 17.1 Å². The number of aliphatic hydroxyl groups excluding tert-OH is 1. The van der Waals surface area contributed by atoms with Crippen LogP contribution in [0.3, 0.4) is 0 Å². The summed E-state index contributed by atoms with van der Waals surface area (Å²) in [6.45, 7) is 3.74. The molecule has 8 heteroatoms. The van der Waals surface area contributed by atoms with Gasteiger partial charge in [-0.2, -0.15) is 9.97 Å². The molecule has 1 aliphatic carbocycles. The second kappa shape index (κ2) is 7.90. The number of Topliss-reactive ketones (excluding diaryl/α,β-unsaturated/α-hetero) is 2. The number of ether oxygens (including phenoxy) is 3. The van der Waals surface area contributed by atoms with Gasteiger partial charge in [0.15, 0.2) is 5.78 Å². The minimum Gasteiger partial charge on any atom is -0.511 e. The molecule has 1 N–H and O–H groups in total. The van der Waals surface area contributed by atoms with E-state index < -0.39 is 17.0 Å². The van der Waals surface area contributed by atoms with Crippen LogP contribution in [-0.2, 0) is 4.79 Å². The fourth-order valence-electron chi connectivity index (χ4n) is 3.16. The summed E-state index contributed by atoms with van der Waals surface area (Å²) in [5.41, 5.74) is -0.483. The van der Waals surface area contributed by atoms with Crippen LogP contribution < -0.4 is 14.2 Å². The molecule has 0 unspecified atom stereocenters. The second-order valence-corrected chi connectivity index (χ2v) is 7.43. The van der Waals surface area contributed by atoms with E-state index in [0.717, 1.165) is 0 Å². The largest absolute Gasteiger partial charge is 0.511 e. The summed E-state index contributed by atoms with van der Waals surface area (Å²) in [6, 6.07) is 7.77. The molecule has 0 spiro atoms. The normalized spacial score (nSPS) is 15.8. The maximum atomic E-state index is 13.1. The van der Waals surface area contributed by atoms with E-state index in [2.05, 4.69) is 9.97 Å². The van der Waals surface area contributed by atoms with E-state index >= 15 is 0 Å². The third-order valence-electron chi connectivity index (χ3n) is 4.49. The van der Waals surface area contributed by atoms with E-state index in [1.54, 1.807) is 18.2 Å². The van der Waals surface area contributed by atoms with Gasteiger partial charge in [-0.05, 0) is 17.5 Å². The minimum atomic E-state index is -0.603. The SMILES string of the molecule is COc1cc(OC)nc(Oc2ccccc2C(=O)C2=C(O)CC(C)(C)CC2=O)n1. The quantitative estimate of drug-likeness (QED) is 0.580. The number of benzene rings is 1. The zero-order chi connectivity index (χ0) is 21.2. The van der Waals surface area contributed by atoms with Crippen LogP contribution in [0.15, 0.2) is 41.7 Å². The standard InChI is InChI=1S/C21H22N2O6/c1-21(2)10-13(24)18(14(25)11-21)19(26)12-7-5-6-8-15(12)29-20-22-16(27-3)9-17(23-20)28-4/h5-9,24H,10-11H2,1-4H3. The van der Waals surface area contributed by atoms with Crippen molar-refractivity contribution in [1.29, 1.82) is 0 Å². The summed E-state index contributed by atoms with van der Waals surface area (Å²) in [5.74, 6) is -0.608. The lowest BCUT2D eigenvalue weighted by atomic mass is 9.75. The fraction of sp³-hybridized carbons (Fsp3) is 0.333. The summed E-state index contributed by atoms with van der Waals surface area (Å²) in [4.78, 5) is 33.8. The molecule has 1 heterocycles. The molecule has 0 fully saturated rings. The molecule has 0 saturated heterocycles. The van der Waals surface area contributed by atoms with Crippen molar-refractivity contribution in [2.24, 2.45) is 5.41 Å². The Kier molecular flexibility index (Phi) is 5.54. The Hall–Kier alpha value is -3.42. The average Bonchev–Trinajstić information content (AvgIpc) is 2.66. The Morgan fingerprint density at radius 3 is 2.28 bits per heavy atom. The highest BCUT2D eigenvalue weighted by molar-refractivity contribution is 6.27. The number of methoxy groups -OCH3 is 2. The first-order valence-corrected chi connectivity index (χ1v) is 8.98. The molecule has 2 aromatic rings. The van der Waals surface area contributed by atoms with Crippen LogP contribution in [0.25, 0.3) is 0 Å². The van der Waals surface area contributed by atoms with Crippen LogP contribution >= 0.6 is 0 Å². The number of aliphatic hydroxyl groups is 1. The van der Waals surface area contributed by atoms with Crippen LogP contribution in [0.1, 0.15) is 37.0 Å². The van der Waals surface area contributed by atoms with Crippen molar-refractivity contribution in [1.82, 2.24) is 9.97 Å². The topological polar surface area (TPSA) is 108 Å². The Balaban J connectivity index is 1.98. The van der Waals surface area contributed by atoms with E-state index in [1.165, 1.54) is 26.4 Å². The summed E-state index contributed by atoms with van der Waals surface area (Å²) in [6.07, 6.45) is 0.427. The Bertz CT molecular complexity index is 974. The molecule has 0 aliphatic heterocycles. The molecule has 0 amide bonds. The van der Waals surface area contributed by atoms with Crippen molar-refractivity contribution in [3.63, 3.8) is 0 Å². The first-order chi connectivity index (χ1) is 13.7. The first kappa shape index (κ1) is 20.3. The smallest absolute Gasteiger partial charge is 0.328 e. The van der Waals surface area contributed by atoms with Gasteiger partial charge in [-0.1, -0.05) is 26.0 Å². The van der Waals surface area contributed by atoms with Crippen molar-refractivity contribution in [2.75, 3.05) is 14.2 Å². The van der Waals surface area contributed by atoms with Crippen molar-refractivity contribution >= 4 is 11.6 Å². The Morgan fingerprint density at radius 1 is 1.07 bits per heavy atom. The Labute approximate surface area is 168 Å². The number of carbonyl (C=O) groups excluding carboxylic acids is 2. The fourth-order valence-corrected chi connectivity index (χ4v) is 3.16. The zero-order valence-electron chi connectivity index (χ0n) is 16.7. The predicted octanol–water partition coefficient (Wildman–Crippen LogP) is 3.67. The van der Waals surface area contributed by atoms with E-state index in [9.17, 15) is 14.7 Å². The predicted molar refractivity (Wildman–Crippen MR) is 104 cm³/mol. The number of hydrogen-bond acceptors (Lipinski definition) is 8. The Morgan fingerprint density at radius 2 is 1.69 bits per heavy atom. The maximum absolute atomic E-state index is 13.1. The molecule has 8 nitrogen and oxygen atoms in total. The maximum Gasteiger partial charge on any atom is 0.328 e. The lowest BCUT2D eigenvalue weighted by Gasteiger charge is -2.29. The van der Waals surface area contributed by atoms with Crippen LogP contribution in [0.4, 0.5) is 0 Å². The second-order valence-electron chi connectivity index (χ2n) is 7.43. The van der Waals surface area contributed by atoms with Crippen LogP contribution in [0, 0.1) is 5.41 Å². The summed E-state index contributed by atoms with van der Waals surface area (Å²) < 4.78 is 15.9. The highest BCUT2D eigenvalue weighted by Crippen LogP contribution is 2.38. The molecule has 29 heavy (non-hydrogen) atoms. The third-order valence-corrected chi connectivity index (χ3v) is 4.49. The number of aromatic nitrogens is 2. The van der Waals surface area contributed by atoms with Crippen molar-refractivity contribution in [2.45, 2.75) is 26.7 Å². The van der Waals surface area contributed by atoms with Gasteiger partial charge in [-0.25, -0.2) is 0 Å². The molecule has 152 valence electrons. The molecule has 0 saturated carbocycles. The average molecular weight is 398 g/mol. The first-order valence-electron chi connectivity index (χ1n) is 8.98. The van der Waals surface area contributed by atoms with E-state index in [0.29, 0.717) is 0 Å². The zero-order valence-corrected chi connectivity index (χ0v) is 16.7. The van der Waals surface area contributed by atoms with E-state index in [-0.39, 0.29) is 53.3 Å². The number of para-hydroxylation sites is 1. The van der Waals surface area contributed by atoms with Gasteiger partial charge in [0.25, 0.3) is 0 Å². The molecule has 0 radical (unpaired) electrons. The van der Waals surface area contributed by atoms with Crippen LogP contribution in [-0.4, -0.2) is 40.9 Å². The van der Waals surface area contributed by atoms with Crippen molar-refractivity contribution in [3.05, 3.63) is 47.2 Å². The number of nitrogens with zero attached hydrogens (tertiary/aromatic N) is 2. The molecular weight excluding hydrogens is 376 g/mol. The van der Waals surface area contributed by atoms with Gasteiger partial charge in [-0.15, -0.1) is 0 Å². The number of ketones is 2. The lowest BCUT2D eigenvalue weighted by Crippen LogP contribution is -2.29. The molecule has 1 aliphatic rings. The number of allylic oxidation sites excluding steroid dienone is 2. The van der Waals surface area contributed by atoms with Crippen molar-refractivity contribution in [3.8, 4) is 23.5 Å². The molecule has 0 atom stereocenters. The molecule has 0 bridgehead atoms. The van der Waals surface area contributed by atoms with E-state index in [4.69, 9.17) is 14.2 Å². The molecule has 3 rings (SSSR count). The third kappa shape index (κ3) is 4.37. The van der Waals surface area contributed by atoms with Crippen LogP contribution in [0.5, 0.6) is 23.5 Å². The molecular formula is C21H22N2O6. The van der Waals surface area contributed by atoms with Crippen LogP contribution in [0.2, 0.25) is 0 Å². The van der Waals surface area contributed by atoms with Gasteiger partial charge < -0.3 is 19.3 Å². The van der Waals surface area contributed by atoms with Gasteiger partial charge in [0, 0.05) is 12.8 Å². The summed E-state index contributed by atoms with van der Waals surface area (Å²) in [5, 5.41) is 10.4. The van der Waals surface area contributed by atoms with E-state index in [1.807, 2.05) is 13.8 Å². The molecule has 1 aromatic heterocycles. The van der Waals surface area contributed by atoms with Gasteiger partial charge in [0.05, 0.1) is 25.8 Å². The summed E-state index contributed by atoms with van der Waals surface area (Å²) >= 11 is 0. The minimum absolute atomic E-state index is 0.0873. The van der Waals surface area contributed by atoms with Crippen molar-refractivity contribution < 1.29 is 28.9 Å². The van der Waals surface area contributed by atoms with Gasteiger partial charge in [-0.3, -0.25) is 9.59 Å². The number of hydrogen-bond donors (Lipinski definition) is 1.